The third-order valence-electron chi connectivity index (χ3n) is 4.24. The van der Waals surface area contributed by atoms with E-state index in [-0.39, 0.29) is 10.8 Å². The minimum Gasteiger partial charge on any atom is -0.312 e. The predicted molar refractivity (Wildman–Crippen MR) is 103 cm³/mol. The fourth-order valence-corrected chi connectivity index (χ4v) is 5.89. The molecule has 1 aliphatic heterocycles. The summed E-state index contributed by atoms with van der Waals surface area (Å²) in [6.45, 7) is 2.79. The lowest BCUT2D eigenvalue weighted by Crippen LogP contribution is -2.27. The molecule has 5 nitrogen and oxygen atoms in total. The summed E-state index contributed by atoms with van der Waals surface area (Å²) in [5, 5.41) is 0. The summed E-state index contributed by atoms with van der Waals surface area (Å²) < 4.78 is 28.1. The van der Waals surface area contributed by atoms with Crippen LogP contribution >= 0.6 is 27.3 Å². The number of amides is 1. The highest BCUT2D eigenvalue weighted by atomic mass is 79.9. The third kappa shape index (κ3) is 3.81. The van der Waals surface area contributed by atoms with E-state index in [1.165, 1.54) is 15.6 Å². The lowest BCUT2D eigenvalue weighted by molar-refractivity contribution is -0.117. The Morgan fingerprint density at radius 1 is 1.28 bits per heavy atom. The summed E-state index contributed by atoms with van der Waals surface area (Å²) in [5.41, 5.74) is 1.42. The van der Waals surface area contributed by atoms with Crippen LogP contribution in [0, 0.1) is 6.92 Å². The van der Waals surface area contributed by atoms with Gasteiger partial charge in [0.1, 0.15) is 0 Å². The maximum Gasteiger partial charge on any atom is 0.243 e. The lowest BCUT2D eigenvalue weighted by Gasteiger charge is -2.20. The zero-order valence-electron chi connectivity index (χ0n) is 14.0. The first-order chi connectivity index (χ1) is 11.8. The molecule has 0 radical (unpaired) electrons. The van der Waals surface area contributed by atoms with Gasteiger partial charge < -0.3 is 4.90 Å². The molecule has 0 aliphatic carbocycles. The van der Waals surface area contributed by atoms with Gasteiger partial charge in [-0.25, -0.2) is 8.42 Å². The molecule has 0 atom stereocenters. The Kier molecular flexibility index (Phi) is 5.34. The van der Waals surface area contributed by atoms with E-state index < -0.39 is 10.0 Å². The fourth-order valence-electron chi connectivity index (χ4n) is 2.92. The fraction of sp³-hybridized carbons (Fsp3) is 0.353. The van der Waals surface area contributed by atoms with Crippen LogP contribution in [0.2, 0.25) is 0 Å². The molecule has 1 amide bonds. The average molecular weight is 443 g/mol. The molecule has 2 heterocycles. The summed E-state index contributed by atoms with van der Waals surface area (Å²) in [5.74, 6) is 0.0930. The van der Waals surface area contributed by atoms with E-state index in [9.17, 15) is 13.2 Å². The van der Waals surface area contributed by atoms with Gasteiger partial charge in [0.25, 0.3) is 0 Å². The van der Waals surface area contributed by atoms with Crippen molar-refractivity contribution < 1.29 is 13.2 Å². The van der Waals surface area contributed by atoms with Gasteiger partial charge in [-0.05, 0) is 65.2 Å². The number of aryl methyl sites for hydroxylation is 1. The van der Waals surface area contributed by atoms with Crippen molar-refractivity contribution in [1.29, 1.82) is 0 Å². The Balaban J connectivity index is 1.85. The predicted octanol–water partition coefficient (Wildman–Crippen LogP) is 3.77. The summed E-state index contributed by atoms with van der Waals surface area (Å²) in [4.78, 5) is 14.8. The topological polar surface area (TPSA) is 57.7 Å². The molecule has 0 spiro atoms. The molecule has 1 saturated heterocycles. The number of anilines is 1. The summed E-state index contributed by atoms with van der Waals surface area (Å²) in [7, 11) is -2.01. The van der Waals surface area contributed by atoms with Gasteiger partial charge in [-0.15, -0.1) is 11.3 Å². The average Bonchev–Trinajstić information content (AvgIpc) is 3.15. The van der Waals surface area contributed by atoms with E-state index in [4.69, 9.17) is 0 Å². The Hall–Kier alpha value is -1.22. The van der Waals surface area contributed by atoms with Crippen LogP contribution in [0.15, 0.2) is 39.0 Å². The zero-order chi connectivity index (χ0) is 18.2. The highest BCUT2D eigenvalue weighted by Crippen LogP contribution is 2.29. The van der Waals surface area contributed by atoms with Crippen molar-refractivity contribution in [2.75, 3.05) is 18.5 Å². The Bertz CT molecular complexity index is 908. The summed E-state index contributed by atoms with van der Waals surface area (Å²) in [6, 6.07) is 8.93. The van der Waals surface area contributed by atoms with Gasteiger partial charge in [-0.3, -0.25) is 4.79 Å². The quantitative estimate of drug-likeness (QED) is 0.707. The van der Waals surface area contributed by atoms with Crippen LogP contribution < -0.4 is 4.90 Å². The van der Waals surface area contributed by atoms with Gasteiger partial charge in [-0.2, -0.15) is 4.31 Å². The molecule has 1 aliphatic rings. The van der Waals surface area contributed by atoms with Crippen molar-refractivity contribution in [3.63, 3.8) is 0 Å². The second-order valence-corrected chi connectivity index (χ2v) is 10.6. The van der Waals surface area contributed by atoms with Crippen LogP contribution in [0.25, 0.3) is 0 Å². The zero-order valence-corrected chi connectivity index (χ0v) is 17.2. The van der Waals surface area contributed by atoms with E-state index in [1.54, 1.807) is 37.1 Å². The van der Waals surface area contributed by atoms with Gasteiger partial charge in [-0.1, -0.05) is 0 Å². The van der Waals surface area contributed by atoms with Gasteiger partial charge >= 0.3 is 0 Å². The number of rotatable bonds is 5. The first-order valence-corrected chi connectivity index (χ1v) is 11.0. The normalized spacial score (nSPS) is 15.4. The van der Waals surface area contributed by atoms with Crippen molar-refractivity contribution >= 4 is 48.9 Å². The van der Waals surface area contributed by atoms with Crippen LogP contribution in [-0.2, 0) is 21.4 Å². The molecule has 0 saturated carbocycles. The van der Waals surface area contributed by atoms with Crippen LogP contribution in [-0.4, -0.2) is 32.2 Å². The number of hydrogen-bond donors (Lipinski definition) is 0. The number of carbonyl (C=O) groups is 1. The van der Waals surface area contributed by atoms with Gasteiger partial charge in [0.05, 0.1) is 8.68 Å². The van der Waals surface area contributed by atoms with Crippen molar-refractivity contribution in [2.45, 2.75) is 31.2 Å². The Labute approximate surface area is 160 Å². The van der Waals surface area contributed by atoms with E-state index in [0.29, 0.717) is 25.1 Å². The molecule has 0 bridgehead atoms. The second kappa shape index (κ2) is 7.19. The number of hydrogen-bond acceptors (Lipinski definition) is 4. The molecule has 0 N–H and O–H groups in total. The number of benzene rings is 1. The van der Waals surface area contributed by atoms with E-state index in [0.717, 1.165) is 20.8 Å². The molecule has 0 unspecified atom stereocenters. The van der Waals surface area contributed by atoms with E-state index in [1.807, 2.05) is 12.1 Å². The molecule has 134 valence electrons. The standard InChI is InChI=1S/C17H19BrN2O3S2/c1-12-10-13(20-9-3-4-17(20)21)5-7-15(12)25(22,23)19(2)11-14-6-8-16(18)24-14/h5-8,10H,3-4,9,11H2,1-2H3. The molecule has 25 heavy (non-hydrogen) atoms. The van der Waals surface area contributed by atoms with Crippen LogP contribution in [0.3, 0.4) is 0 Å². The largest absolute Gasteiger partial charge is 0.312 e. The molecule has 2 aromatic rings. The third-order valence-corrected chi connectivity index (χ3v) is 7.81. The van der Waals surface area contributed by atoms with Gasteiger partial charge in [0, 0.05) is 37.1 Å². The Morgan fingerprint density at radius 2 is 2.04 bits per heavy atom. The number of carbonyl (C=O) groups excluding carboxylic acids is 1. The molecule has 1 fully saturated rings. The highest BCUT2D eigenvalue weighted by Gasteiger charge is 2.26. The number of sulfonamides is 1. The summed E-state index contributed by atoms with van der Waals surface area (Å²) in [6.07, 6.45) is 1.40. The summed E-state index contributed by atoms with van der Waals surface area (Å²) >= 11 is 4.91. The maximum atomic E-state index is 12.9. The van der Waals surface area contributed by atoms with E-state index in [2.05, 4.69) is 15.9 Å². The van der Waals surface area contributed by atoms with Crippen molar-refractivity contribution in [2.24, 2.45) is 0 Å². The lowest BCUT2D eigenvalue weighted by atomic mass is 10.2. The van der Waals surface area contributed by atoms with Crippen LogP contribution in [0.5, 0.6) is 0 Å². The minimum atomic E-state index is -3.59. The molecule has 1 aromatic carbocycles. The molecular formula is C17H19BrN2O3S2. The first-order valence-electron chi connectivity index (χ1n) is 7.90. The van der Waals surface area contributed by atoms with Crippen molar-refractivity contribution in [1.82, 2.24) is 4.31 Å². The van der Waals surface area contributed by atoms with Crippen molar-refractivity contribution in [3.05, 3.63) is 44.6 Å². The Morgan fingerprint density at radius 3 is 2.60 bits per heavy atom. The second-order valence-electron chi connectivity index (χ2n) is 6.07. The van der Waals surface area contributed by atoms with E-state index >= 15 is 0 Å². The SMILES string of the molecule is Cc1cc(N2CCCC2=O)ccc1S(=O)(=O)N(C)Cc1ccc(Br)s1. The molecule has 3 rings (SSSR count). The number of nitrogens with zero attached hydrogens (tertiary/aromatic N) is 2. The highest BCUT2D eigenvalue weighted by molar-refractivity contribution is 9.11. The van der Waals surface area contributed by atoms with Gasteiger partial charge in [0.2, 0.25) is 15.9 Å². The molecule has 1 aromatic heterocycles. The molecule has 8 heteroatoms. The van der Waals surface area contributed by atoms with Gasteiger partial charge in [0.15, 0.2) is 0 Å². The van der Waals surface area contributed by atoms with Crippen LogP contribution in [0.4, 0.5) is 5.69 Å². The molecular weight excluding hydrogens is 424 g/mol. The smallest absolute Gasteiger partial charge is 0.243 e. The minimum absolute atomic E-state index is 0.0930. The monoisotopic (exact) mass is 442 g/mol. The number of thiophene rings is 1. The van der Waals surface area contributed by atoms with Crippen molar-refractivity contribution in [3.8, 4) is 0 Å². The maximum absolute atomic E-state index is 12.9. The first kappa shape index (κ1) is 18.6. The number of halogens is 1. The van der Waals surface area contributed by atoms with Crippen LogP contribution in [0.1, 0.15) is 23.3 Å².